The molecule has 4 heterocycles. The Morgan fingerprint density at radius 3 is 2.65 bits per heavy atom. The number of carbonyl (C=O) groups is 1. The van der Waals surface area contributed by atoms with Crippen molar-refractivity contribution in [2.45, 2.75) is 25.4 Å². The molecule has 6 heteroatoms. The number of amides is 1. The van der Waals surface area contributed by atoms with Gasteiger partial charge >= 0.3 is 0 Å². The number of fused-ring (bicyclic) bond motifs is 4. The van der Waals surface area contributed by atoms with Crippen molar-refractivity contribution in [3.8, 4) is 0 Å². The largest absolute Gasteiger partial charge is 0.334 e. The molecule has 2 bridgehead atoms. The van der Waals surface area contributed by atoms with Crippen LogP contribution in [0.15, 0.2) is 42.7 Å². The van der Waals surface area contributed by atoms with Gasteiger partial charge in [0.15, 0.2) is 5.82 Å². The Morgan fingerprint density at radius 2 is 1.88 bits per heavy atom. The van der Waals surface area contributed by atoms with Crippen molar-refractivity contribution >= 4 is 5.91 Å². The highest BCUT2D eigenvalue weighted by molar-refractivity contribution is 5.94. The highest BCUT2D eigenvalue weighted by Gasteiger charge is 2.38. The van der Waals surface area contributed by atoms with Gasteiger partial charge in [0.05, 0.1) is 11.8 Å². The van der Waals surface area contributed by atoms with Crippen LogP contribution in [0.3, 0.4) is 0 Å². The van der Waals surface area contributed by atoms with Crippen LogP contribution in [0, 0.1) is 17.6 Å². The fourth-order valence-electron chi connectivity index (χ4n) is 4.11. The second-order valence-corrected chi connectivity index (χ2v) is 7.23. The summed E-state index contributed by atoms with van der Waals surface area (Å²) in [5, 5.41) is 0. The Balaban J connectivity index is 1.50. The summed E-state index contributed by atoms with van der Waals surface area (Å²) in [4.78, 5) is 20.7. The van der Waals surface area contributed by atoms with Gasteiger partial charge < -0.3 is 4.90 Å². The summed E-state index contributed by atoms with van der Waals surface area (Å²) in [6.45, 7) is 3.05. The summed E-state index contributed by atoms with van der Waals surface area (Å²) in [7, 11) is 0. The van der Waals surface area contributed by atoms with E-state index in [0.717, 1.165) is 44.2 Å². The van der Waals surface area contributed by atoms with E-state index < -0.39 is 5.82 Å². The van der Waals surface area contributed by atoms with Gasteiger partial charge in [-0.2, -0.15) is 0 Å². The van der Waals surface area contributed by atoms with Crippen LogP contribution in [0.2, 0.25) is 0 Å². The minimum absolute atomic E-state index is 0.0780. The second kappa shape index (κ2) is 7.11. The van der Waals surface area contributed by atoms with E-state index in [1.165, 1.54) is 24.4 Å². The van der Waals surface area contributed by atoms with Crippen LogP contribution in [0.4, 0.5) is 8.78 Å². The van der Waals surface area contributed by atoms with Crippen molar-refractivity contribution in [2.75, 3.05) is 19.6 Å². The van der Waals surface area contributed by atoms with E-state index in [9.17, 15) is 13.6 Å². The minimum atomic E-state index is -0.569. The van der Waals surface area contributed by atoms with E-state index in [1.54, 1.807) is 12.1 Å². The molecule has 2 aromatic rings. The highest BCUT2D eigenvalue weighted by atomic mass is 19.1. The van der Waals surface area contributed by atoms with Gasteiger partial charge in [-0.25, -0.2) is 8.78 Å². The van der Waals surface area contributed by atoms with Gasteiger partial charge in [0.1, 0.15) is 5.82 Å². The lowest BCUT2D eigenvalue weighted by molar-refractivity contribution is 0.0580. The SMILES string of the molecule is O=C(c1ccncc1F)N1C[C@H]2CC[C@@H]1CN(Cc1ccc(F)cc1)C2. The fourth-order valence-corrected chi connectivity index (χ4v) is 4.11. The normalized spacial score (nSPS) is 23.1. The number of halogens is 2. The molecule has 0 N–H and O–H groups in total. The van der Waals surface area contributed by atoms with Crippen molar-refractivity contribution in [3.63, 3.8) is 0 Å². The molecule has 0 spiro atoms. The molecule has 1 aromatic carbocycles. The average Bonchev–Trinajstić information content (AvgIpc) is 2.94. The Morgan fingerprint density at radius 1 is 1.08 bits per heavy atom. The Labute approximate surface area is 151 Å². The van der Waals surface area contributed by atoms with Crippen LogP contribution in [0.25, 0.3) is 0 Å². The summed E-state index contributed by atoms with van der Waals surface area (Å²) in [6.07, 6.45) is 4.55. The topological polar surface area (TPSA) is 36.4 Å². The first-order chi connectivity index (χ1) is 12.6. The molecule has 3 saturated heterocycles. The van der Waals surface area contributed by atoms with Gasteiger partial charge in [0.25, 0.3) is 5.91 Å². The average molecular weight is 357 g/mol. The summed E-state index contributed by atoms with van der Waals surface area (Å²) >= 11 is 0. The van der Waals surface area contributed by atoms with Crippen molar-refractivity contribution in [3.05, 3.63) is 65.5 Å². The molecule has 0 unspecified atom stereocenters. The van der Waals surface area contributed by atoms with Crippen LogP contribution in [0.5, 0.6) is 0 Å². The third-order valence-electron chi connectivity index (χ3n) is 5.37. The molecule has 2 atom stereocenters. The van der Waals surface area contributed by atoms with Crippen molar-refractivity contribution in [2.24, 2.45) is 5.92 Å². The van der Waals surface area contributed by atoms with Crippen LogP contribution in [-0.2, 0) is 6.54 Å². The maximum absolute atomic E-state index is 14.0. The van der Waals surface area contributed by atoms with E-state index in [-0.39, 0.29) is 23.3 Å². The lowest BCUT2D eigenvalue weighted by Gasteiger charge is -2.36. The molecular weight excluding hydrogens is 336 g/mol. The number of nitrogens with zero attached hydrogens (tertiary/aromatic N) is 3. The number of benzene rings is 1. The third kappa shape index (κ3) is 3.46. The van der Waals surface area contributed by atoms with Gasteiger partial charge in [-0.1, -0.05) is 12.1 Å². The minimum Gasteiger partial charge on any atom is -0.334 e. The molecule has 5 rings (SSSR count). The molecule has 1 amide bonds. The fraction of sp³-hybridized carbons (Fsp3) is 0.400. The predicted octanol–water partition coefficient (Wildman–Crippen LogP) is 3.10. The molecule has 3 aliphatic heterocycles. The maximum atomic E-state index is 14.0. The third-order valence-corrected chi connectivity index (χ3v) is 5.37. The number of pyridine rings is 1. The smallest absolute Gasteiger partial charge is 0.257 e. The maximum Gasteiger partial charge on any atom is 0.257 e. The molecule has 3 aliphatic rings. The van der Waals surface area contributed by atoms with Crippen molar-refractivity contribution < 1.29 is 13.6 Å². The molecule has 0 aliphatic carbocycles. The quantitative estimate of drug-likeness (QED) is 0.847. The molecule has 0 radical (unpaired) electrons. The second-order valence-electron chi connectivity index (χ2n) is 7.23. The number of hydrogen-bond acceptors (Lipinski definition) is 3. The molecule has 26 heavy (non-hydrogen) atoms. The summed E-state index contributed by atoms with van der Waals surface area (Å²) < 4.78 is 27.1. The van der Waals surface area contributed by atoms with E-state index in [1.807, 2.05) is 4.90 Å². The number of rotatable bonds is 3. The van der Waals surface area contributed by atoms with Gasteiger partial charge in [-0.05, 0) is 42.5 Å². The van der Waals surface area contributed by atoms with Gasteiger partial charge in [-0.15, -0.1) is 0 Å². The molecule has 4 nitrogen and oxygen atoms in total. The standard InChI is InChI=1S/C20H21F2N3O/c21-16-4-1-14(2-5-16)10-24-11-15-3-6-17(13-24)25(12-15)20(26)18-7-8-23-9-19(18)22/h1-2,4-5,7-9,15,17H,3,6,10-13H2/t15-,17+/m0/s1. The first-order valence-electron chi connectivity index (χ1n) is 8.97. The zero-order chi connectivity index (χ0) is 18.1. The van der Waals surface area contributed by atoms with Crippen LogP contribution < -0.4 is 0 Å². The van der Waals surface area contributed by atoms with Gasteiger partial charge in [0, 0.05) is 38.4 Å². The number of carbonyl (C=O) groups excluding carboxylic acids is 1. The summed E-state index contributed by atoms with van der Waals surface area (Å²) in [6, 6.07) is 8.09. The predicted molar refractivity (Wildman–Crippen MR) is 93.4 cm³/mol. The molecule has 136 valence electrons. The van der Waals surface area contributed by atoms with Gasteiger partial charge in [-0.3, -0.25) is 14.7 Å². The monoisotopic (exact) mass is 357 g/mol. The van der Waals surface area contributed by atoms with E-state index in [2.05, 4.69) is 9.88 Å². The number of piperidine rings is 1. The molecular formula is C20H21F2N3O. The van der Waals surface area contributed by atoms with E-state index in [0.29, 0.717) is 12.5 Å². The van der Waals surface area contributed by atoms with Crippen LogP contribution >= 0.6 is 0 Å². The summed E-state index contributed by atoms with van der Waals surface area (Å²) in [5.41, 5.74) is 1.16. The van der Waals surface area contributed by atoms with Crippen LogP contribution in [0.1, 0.15) is 28.8 Å². The number of aromatic nitrogens is 1. The molecule has 1 aromatic heterocycles. The lowest BCUT2D eigenvalue weighted by atomic mass is 9.94. The zero-order valence-corrected chi connectivity index (χ0v) is 14.4. The van der Waals surface area contributed by atoms with Gasteiger partial charge in [0.2, 0.25) is 0 Å². The number of hydrogen-bond donors (Lipinski definition) is 0. The highest BCUT2D eigenvalue weighted by Crippen LogP contribution is 2.30. The molecule has 3 fully saturated rings. The van der Waals surface area contributed by atoms with Crippen molar-refractivity contribution in [1.29, 1.82) is 0 Å². The van der Waals surface area contributed by atoms with Crippen LogP contribution in [-0.4, -0.2) is 46.4 Å². The zero-order valence-electron chi connectivity index (χ0n) is 14.4. The first-order valence-corrected chi connectivity index (χ1v) is 8.97. The Bertz CT molecular complexity index is 796. The Kier molecular flexibility index (Phi) is 4.68. The molecule has 0 saturated carbocycles. The van der Waals surface area contributed by atoms with E-state index in [4.69, 9.17) is 0 Å². The first kappa shape index (κ1) is 17.1. The lowest BCUT2D eigenvalue weighted by Crippen LogP contribution is -2.47. The van der Waals surface area contributed by atoms with Crippen molar-refractivity contribution in [1.82, 2.24) is 14.8 Å². The summed E-state index contributed by atoms with van der Waals surface area (Å²) in [5.74, 6) is -0.673. The Hall–Kier alpha value is -2.34. The van der Waals surface area contributed by atoms with E-state index >= 15 is 0 Å².